The largest absolute Gasteiger partial charge is 0.460 e. The molecule has 122 valence electrons. The van der Waals surface area contributed by atoms with Gasteiger partial charge in [0, 0.05) is 0 Å². The van der Waals surface area contributed by atoms with Crippen molar-refractivity contribution in [3.63, 3.8) is 0 Å². The molecule has 0 bridgehead atoms. The minimum absolute atomic E-state index is 0.372. The molecule has 0 saturated carbocycles. The fourth-order valence-corrected chi connectivity index (χ4v) is 0.946. The molecular weight excluding hydrogens is 324 g/mol. The maximum Gasteiger partial charge on any atom is 0.460 e. The lowest BCUT2D eigenvalue weighted by Crippen LogP contribution is -2.69. The Morgan fingerprint density at radius 1 is 0.400 bits per heavy atom. The van der Waals surface area contributed by atoms with E-state index in [2.05, 4.69) is 0 Å². The average molecular weight is 330 g/mol. The van der Waals surface area contributed by atoms with Crippen LogP contribution >= 0.6 is 0 Å². The van der Waals surface area contributed by atoms with E-state index in [0.717, 1.165) is 0 Å². The molecule has 0 aliphatic rings. The van der Waals surface area contributed by atoms with E-state index in [4.69, 9.17) is 0 Å². The maximum absolute atomic E-state index is 12.8. The third-order valence-corrected chi connectivity index (χ3v) is 2.29. The van der Waals surface area contributed by atoms with Gasteiger partial charge in [0.05, 0.1) is 0 Å². The maximum atomic E-state index is 12.8. The van der Waals surface area contributed by atoms with E-state index in [9.17, 15) is 52.7 Å². The predicted molar refractivity (Wildman–Crippen MR) is 41.0 cm³/mol. The van der Waals surface area contributed by atoms with E-state index in [-0.39, 0.29) is 13.8 Å². The fraction of sp³-hybridized carbons (Fsp3) is 1.00. The monoisotopic (exact) mass is 330 g/mol. The van der Waals surface area contributed by atoms with E-state index in [0.29, 0.717) is 0 Å². The highest BCUT2D eigenvalue weighted by molar-refractivity contribution is 5.10. The highest BCUT2D eigenvalue weighted by Gasteiger charge is 2.89. The van der Waals surface area contributed by atoms with Gasteiger partial charge < -0.3 is 0 Å². The van der Waals surface area contributed by atoms with Gasteiger partial charge in [-0.1, -0.05) is 0 Å². The Morgan fingerprint density at radius 2 is 0.650 bits per heavy atom. The standard InChI is InChI=1S/C8H6F12/c1-3(2,9)4(10,11)5(12,13)6(14,15)7(16,17)8(18,19)20/h1-2H3. The molecule has 0 aromatic heterocycles. The topological polar surface area (TPSA) is 0 Å². The van der Waals surface area contributed by atoms with Crippen molar-refractivity contribution in [1.82, 2.24) is 0 Å². The molecule has 0 rings (SSSR count). The zero-order valence-electron chi connectivity index (χ0n) is 9.54. The van der Waals surface area contributed by atoms with Gasteiger partial charge in [-0.05, 0) is 13.8 Å². The van der Waals surface area contributed by atoms with Crippen LogP contribution in [0, 0.1) is 0 Å². The number of hydrogen-bond acceptors (Lipinski definition) is 0. The van der Waals surface area contributed by atoms with E-state index in [1.54, 1.807) is 0 Å². The average Bonchev–Trinajstić information content (AvgIpc) is 2.12. The van der Waals surface area contributed by atoms with Crippen LogP contribution in [0.5, 0.6) is 0 Å². The lowest BCUT2D eigenvalue weighted by Gasteiger charge is -2.40. The first-order valence-electron chi connectivity index (χ1n) is 4.52. The van der Waals surface area contributed by atoms with Crippen molar-refractivity contribution in [3.05, 3.63) is 0 Å². The van der Waals surface area contributed by atoms with Crippen LogP contribution in [0.25, 0.3) is 0 Å². The van der Waals surface area contributed by atoms with Gasteiger partial charge in [-0.25, -0.2) is 4.39 Å². The quantitative estimate of drug-likeness (QED) is 0.647. The minimum atomic E-state index is -7.56. The van der Waals surface area contributed by atoms with E-state index in [1.807, 2.05) is 0 Å². The summed E-state index contributed by atoms with van der Waals surface area (Å²) in [5.74, 6) is -28.8. The van der Waals surface area contributed by atoms with Gasteiger partial charge in [0.25, 0.3) is 0 Å². The summed E-state index contributed by atoms with van der Waals surface area (Å²) in [4.78, 5) is 0. The van der Waals surface area contributed by atoms with Gasteiger partial charge in [0.2, 0.25) is 0 Å². The summed E-state index contributed by atoms with van der Waals surface area (Å²) in [5, 5.41) is 0. The zero-order valence-corrected chi connectivity index (χ0v) is 9.54. The lowest BCUT2D eigenvalue weighted by atomic mass is 9.89. The van der Waals surface area contributed by atoms with Crippen molar-refractivity contribution < 1.29 is 52.7 Å². The number of hydrogen-bond donors (Lipinski definition) is 0. The molecule has 0 saturated heterocycles. The Hall–Kier alpha value is -0.840. The molecule has 0 N–H and O–H groups in total. The van der Waals surface area contributed by atoms with Crippen LogP contribution in [0.2, 0.25) is 0 Å². The molecule has 0 aromatic carbocycles. The highest BCUT2D eigenvalue weighted by atomic mass is 19.4. The highest BCUT2D eigenvalue weighted by Crippen LogP contribution is 2.59. The van der Waals surface area contributed by atoms with E-state index < -0.39 is 35.5 Å². The molecule has 0 spiro atoms. The molecule has 0 radical (unpaired) electrons. The Kier molecular flexibility index (Phi) is 4.14. The van der Waals surface area contributed by atoms with Gasteiger partial charge in [0.1, 0.15) is 0 Å². The van der Waals surface area contributed by atoms with Crippen molar-refractivity contribution in [1.29, 1.82) is 0 Å². The van der Waals surface area contributed by atoms with Crippen molar-refractivity contribution in [3.8, 4) is 0 Å². The van der Waals surface area contributed by atoms with Crippen LogP contribution in [-0.4, -0.2) is 35.5 Å². The Labute approximate surface area is 103 Å². The van der Waals surface area contributed by atoms with Crippen molar-refractivity contribution in [2.75, 3.05) is 0 Å². The minimum Gasteiger partial charge on any atom is -0.238 e. The molecule has 0 aromatic rings. The molecule has 12 heteroatoms. The van der Waals surface area contributed by atoms with Crippen LogP contribution < -0.4 is 0 Å². The lowest BCUT2D eigenvalue weighted by molar-refractivity contribution is -0.431. The van der Waals surface area contributed by atoms with E-state index >= 15 is 0 Å². The smallest absolute Gasteiger partial charge is 0.238 e. The Bertz CT molecular complexity index is 321. The van der Waals surface area contributed by atoms with Crippen LogP contribution in [0.3, 0.4) is 0 Å². The normalized spacial score (nSPS) is 16.5. The molecule has 0 aliphatic carbocycles. The third-order valence-electron chi connectivity index (χ3n) is 2.29. The molecule has 0 atom stereocenters. The second kappa shape index (κ2) is 4.33. The summed E-state index contributed by atoms with van der Waals surface area (Å²) in [6, 6.07) is 0. The summed E-state index contributed by atoms with van der Waals surface area (Å²) in [6.45, 7) is -0.745. The number of alkyl halides is 12. The van der Waals surface area contributed by atoms with E-state index in [1.165, 1.54) is 0 Å². The second-order valence-electron chi connectivity index (χ2n) is 4.27. The molecule has 0 unspecified atom stereocenters. The molecular formula is C8H6F12. The zero-order chi connectivity index (χ0) is 17.0. The van der Waals surface area contributed by atoms with Gasteiger partial charge >= 0.3 is 29.9 Å². The summed E-state index contributed by atoms with van der Waals surface area (Å²) >= 11 is 0. The fourth-order valence-electron chi connectivity index (χ4n) is 0.946. The Morgan fingerprint density at radius 3 is 0.850 bits per heavy atom. The Balaban J connectivity index is 6.08. The molecule has 0 nitrogen and oxygen atoms in total. The van der Waals surface area contributed by atoms with Crippen LogP contribution in [0.1, 0.15) is 13.8 Å². The third kappa shape index (κ3) is 2.30. The van der Waals surface area contributed by atoms with Gasteiger partial charge in [0.15, 0.2) is 5.67 Å². The predicted octanol–water partition coefficient (Wildman–Crippen LogP) is 4.84. The van der Waals surface area contributed by atoms with Gasteiger partial charge in [-0.15, -0.1) is 0 Å². The summed E-state index contributed by atoms with van der Waals surface area (Å²) in [7, 11) is 0. The molecule has 20 heavy (non-hydrogen) atoms. The van der Waals surface area contributed by atoms with Crippen molar-refractivity contribution >= 4 is 0 Å². The summed E-state index contributed by atoms with van der Waals surface area (Å²) in [6.07, 6.45) is -7.24. The van der Waals surface area contributed by atoms with Crippen molar-refractivity contribution in [2.45, 2.75) is 49.4 Å². The first-order valence-corrected chi connectivity index (χ1v) is 4.52. The van der Waals surface area contributed by atoms with Crippen LogP contribution in [-0.2, 0) is 0 Å². The SMILES string of the molecule is CC(C)(F)C(F)(F)C(F)(F)C(F)(F)C(F)(F)C(F)(F)F. The van der Waals surface area contributed by atoms with Crippen molar-refractivity contribution in [2.24, 2.45) is 0 Å². The van der Waals surface area contributed by atoms with Crippen LogP contribution in [0.4, 0.5) is 52.7 Å². The summed E-state index contributed by atoms with van der Waals surface area (Å²) < 4.78 is 149. The number of halogens is 12. The molecule has 0 amide bonds. The van der Waals surface area contributed by atoms with Gasteiger partial charge in [-0.3, -0.25) is 0 Å². The van der Waals surface area contributed by atoms with Gasteiger partial charge in [-0.2, -0.15) is 48.3 Å². The molecule has 0 aliphatic heterocycles. The molecule has 0 heterocycles. The summed E-state index contributed by atoms with van der Waals surface area (Å²) in [5.41, 5.74) is -4.48. The van der Waals surface area contributed by atoms with Crippen LogP contribution in [0.15, 0.2) is 0 Å². The first-order chi connectivity index (χ1) is 8.25. The first kappa shape index (κ1) is 19.2. The number of rotatable bonds is 4. The molecule has 0 fully saturated rings. The second-order valence-corrected chi connectivity index (χ2v) is 4.27.